The van der Waals surface area contributed by atoms with Crippen LogP contribution in [0.1, 0.15) is 0 Å². The minimum atomic E-state index is 1.23. The minimum absolute atomic E-state index is 1.23. The molecule has 0 atom stereocenters. The van der Waals surface area contributed by atoms with Crippen LogP contribution < -0.4 is 0 Å². The molecule has 0 fully saturated rings. The van der Waals surface area contributed by atoms with Crippen molar-refractivity contribution in [1.82, 2.24) is 0 Å². The Bertz CT molecular complexity index is 2550. The van der Waals surface area contributed by atoms with Crippen LogP contribution in [-0.4, -0.2) is 0 Å². The summed E-state index contributed by atoms with van der Waals surface area (Å²) in [5.74, 6) is 0. The minimum Gasteiger partial charge on any atom is -0.0616 e. The molecule has 0 unspecified atom stereocenters. The molecule has 0 radical (unpaired) electrons. The number of benzene rings is 9. The second kappa shape index (κ2) is 10.9. The van der Waals surface area contributed by atoms with Crippen molar-refractivity contribution < 1.29 is 0 Å². The molecule has 9 aromatic rings. The van der Waals surface area contributed by atoms with Crippen molar-refractivity contribution in [3.63, 3.8) is 0 Å². The molecule has 0 heterocycles. The average molecular weight is 583 g/mol. The lowest BCUT2D eigenvalue weighted by molar-refractivity contribution is 1.60. The third kappa shape index (κ3) is 4.64. The molecule has 9 rings (SSSR count). The van der Waals surface area contributed by atoms with Gasteiger partial charge in [0.2, 0.25) is 0 Å². The molecule has 214 valence electrons. The first kappa shape index (κ1) is 26.4. The van der Waals surface area contributed by atoms with Gasteiger partial charge in [0.25, 0.3) is 0 Å². The Kier molecular flexibility index (Phi) is 6.25. The van der Waals surface area contributed by atoms with Crippen LogP contribution in [0.4, 0.5) is 0 Å². The Labute approximate surface area is 268 Å². The van der Waals surface area contributed by atoms with Gasteiger partial charge in [0, 0.05) is 0 Å². The van der Waals surface area contributed by atoms with Gasteiger partial charge in [-0.25, -0.2) is 0 Å². The molecule has 0 aliphatic rings. The van der Waals surface area contributed by atoms with Crippen molar-refractivity contribution in [2.75, 3.05) is 0 Å². The molecule has 46 heavy (non-hydrogen) atoms. The summed E-state index contributed by atoms with van der Waals surface area (Å²) in [6, 6.07) is 66.5. The predicted octanol–water partition coefficient (Wildman–Crippen LogP) is 13.0. The summed E-state index contributed by atoms with van der Waals surface area (Å²) in [4.78, 5) is 0. The van der Waals surface area contributed by atoms with Gasteiger partial charge in [0.1, 0.15) is 0 Å². The fraction of sp³-hybridized carbons (Fsp3) is 0. The highest BCUT2D eigenvalue weighted by Crippen LogP contribution is 2.34. The van der Waals surface area contributed by atoms with E-state index in [0.717, 1.165) is 0 Å². The van der Waals surface area contributed by atoms with E-state index in [-0.39, 0.29) is 0 Å². The Hall–Kier alpha value is -5.98. The summed E-state index contributed by atoms with van der Waals surface area (Å²) >= 11 is 0. The molecule has 0 amide bonds. The molecule has 9 aromatic carbocycles. The molecular weight excluding hydrogens is 553 g/mol. The maximum Gasteiger partial charge on any atom is -0.00992 e. The van der Waals surface area contributed by atoms with E-state index >= 15 is 0 Å². The summed E-state index contributed by atoms with van der Waals surface area (Å²) in [5.41, 5.74) is 9.91. The van der Waals surface area contributed by atoms with Gasteiger partial charge < -0.3 is 0 Å². The summed E-state index contributed by atoms with van der Waals surface area (Å²) < 4.78 is 0. The second-order valence-corrected chi connectivity index (χ2v) is 12.2. The zero-order valence-electron chi connectivity index (χ0n) is 25.3. The lowest BCUT2D eigenvalue weighted by atomic mass is 9.94. The summed E-state index contributed by atoms with van der Waals surface area (Å²) in [6.07, 6.45) is 0. The van der Waals surface area contributed by atoms with Gasteiger partial charge in [-0.05, 0) is 106 Å². The van der Waals surface area contributed by atoms with Crippen LogP contribution in [0.2, 0.25) is 0 Å². The van der Waals surface area contributed by atoms with Crippen LogP contribution in [0.3, 0.4) is 0 Å². The smallest absolute Gasteiger partial charge is 0.00992 e. The predicted molar refractivity (Wildman–Crippen MR) is 198 cm³/mol. The average Bonchev–Trinajstić information content (AvgIpc) is 3.14. The van der Waals surface area contributed by atoms with Crippen LogP contribution in [0, 0.1) is 0 Å². The molecule has 0 aliphatic carbocycles. The van der Waals surface area contributed by atoms with Gasteiger partial charge in [-0.15, -0.1) is 0 Å². The van der Waals surface area contributed by atoms with Crippen LogP contribution in [0.25, 0.3) is 87.6 Å². The SMILES string of the molecule is c1ccc2c(-c3ccc(-c4ccc5cc(-c6ccc(-c7ccc8ccc9ccccc9c8c7)cc6)ccc5c4)cc3)cccc2c1. The highest BCUT2D eigenvalue weighted by molar-refractivity contribution is 6.08. The van der Waals surface area contributed by atoms with Gasteiger partial charge in [-0.1, -0.05) is 164 Å². The molecule has 0 saturated heterocycles. The summed E-state index contributed by atoms with van der Waals surface area (Å²) in [7, 11) is 0. The van der Waals surface area contributed by atoms with E-state index in [1.807, 2.05) is 0 Å². The van der Waals surface area contributed by atoms with Crippen LogP contribution in [-0.2, 0) is 0 Å². The molecule has 0 aromatic heterocycles. The molecule has 0 aliphatic heterocycles. The monoisotopic (exact) mass is 582 g/mol. The van der Waals surface area contributed by atoms with E-state index in [1.54, 1.807) is 0 Å². The zero-order valence-corrected chi connectivity index (χ0v) is 25.3. The fourth-order valence-corrected chi connectivity index (χ4v) is 6.96. The number of fused-ring (bicyclic) bond motifs is 5. The first-order chi connectivity index (χ1) is 22.8. The zero-order chi connectivity index (χ0) is 30.5. The van der Waals surface area contributed by atoms with Crippen LogP contribution in [0.15, 0.2) is 182 Å². The first-order valence-electron chi connectivity index (χ1n) is 15.9. The largest absolute Gasteiger partial charge is 0.0616 e. The van der Waals surface area contributed by atoms with Crippen molar-refractivity contribution in [2.24, 2.45) is 0 Å². The third-order valence-corrected chi connectivity index (χ3v) is 9.46. The van der Waals surface area contributed by atoms with E-state index in [9.17, 15) is 0 Å². The lowest BCUT2D eigenvalue weighted by Crippen LogP contribution is -1.84. The van der Waals surface area contributed by atoms with E-state index in [0.29, 0.717) is 0 Å². The van der Waals surface area contributed by atoms with Crippen molar-refractivity contribution in [3.05, 3.63) is 182 Å². The standard InChI is InChI=1S/C46H30/c1-3-9-43-34(6-1)8-5-11-44(43)36-18-16-32(17-19-36)39-25-27-40-28-38(24-26-41(40)29-39)31-12-14-33(15-13-31)42-23-22-37-21-20-35-7-2-4-10-45(35)46(37)30-42/h1-30H. The van der Waals surface area contributed by atoms with E-state index < -0.39 is 0 Å². The molecule has 0 N–H and O–H groups in total. The van der Waals surface area contributed by atoms with Crippen molar-refractivity contribution in [1.29, 1.82) is 0 Å². The summed E-state index contributed by atoms with van der Waals surface area (Å²) in [6.45, 7) is 0. The quantitative estimate of drug-likeness (QED) is 0.181. The van der Waals surface area contributed by atoms with Crippen molar-refractivity contribution in [3.8, 4) is 44.5 Å². The van der Waals surface area contributed by atoms with Crippen molar-refractivity contribution in [2.45, 2.75) is 0 Å². The number of hydrogen-bond donors (Lipinski definition) is 0. The summed E-state index contributed by atoms with van der Waals surface area (Å²) in [5, 5.41) is 10.2. The maximum atomic E-state index is 2.33. The molecule has 0 saturated carbocycles. The third-order valence-electron chi connectivity index (χ3n) is 9.46. The van der Waals surface area contributed by atoms with Crippen LogP contribution in [0.5, 0.6) is 0 Å². The molecule has 0 spiro atoms. The van der Waals surface area contributed by atoms with Gasteiger partial charge in [0.15, 0.2) is 0 Å². The fourth-order valence-electron chi connectivity index (χ4n) is 6.96. The highest BCUT2D eigenvalue weighted by Gasteiger charge is 2.08. The van der Waals surface area contributed by atoms with Crippen molar-refractivity contribution >= 4 is 43.1 Å². The van der Waals surface area contributed by atoms with Crippen LogP contribution >= 0.6 is 0 Å². The number of hydrogen-bond acceptors (Lipinski definition) is 0. The Morgan fingerprint density at radius 3 is 1.20 bits per heavy atom. The molecule has 0 heteroatoms. The van der Waals surface area contributed by atoms with Gasteiger partial charge in [0.05, 0.1) is 0 Å². The lowest BCUT2D eigenvalue weighted by Gasteiger charge is -2.10. The maximum absolute atomic E-state index is 2.33. The van der Waals surface area contributed by atoms with E-state index in [4.69, 9.17) is 0 Å². The second-order valence-electron chi connectivity index (χ2n) is 12.2. The normalized spacial score (nSPS) is 11.5. The Morgan fingerprint density at radius 2 is 0.587 bits per heavy atom. The highest BCUT2D eigenvalue weighted by atomic mass is 14.1. The van der Waals surface area contributed by atoms with Gasteiger partial charge in [-0.3, -0.25) is 0 Å². The molecule has 0 nitrogen and oxygen atoms in total. The number of rotatable bonds is 4. The Morgan fingerprint density at radius 1 is 0.196 bits per heavy atom. The Balaban J connectivity index is 0.986. The first-order valence-corrected chi connectivity index (χ1v) is 15.9. The molecular formula is C46H30. The topological polar surface area (TPSA) is 0 Å². The van der Waals surface area contributed by atoms with Gasteiger partial charge >= 0.3 is 0 Å². The van der Waals surface area contributed by atoms with Gasteiger partial charge in [-0.2, -0.15) is 0 Å². The van der Waals surface area contributed by atoms with E-state index in [1.165, 1.54) is 87.6 Å². The van der Waals surface area contributed by atoms with E-state index in [2.05, 4.69) is 182 Å². The molecule has 0 bridgehead atoms.